The molecule has 0 atom stereocenters. The van der Waals surface area contributed by atoms with Crippen LogP contribution in [0.4, 0.5) is 0 Å². The maximum atomic E-state index is 11.7. The standard InChI is InChI=1S/C10H13N3O5/c1-3-18-7(14)5-11-9(15)8-6(10(16)17)4-12-13(8)2/h4H,3,5H2,1-2H3,(H,11,15)(H,16,17). The predicted octanol–water partition coefficient (Wildman–Crippen LogP) is -0.589. The number of carbonyl (C=O) groups excluding carboxylic acids is 2. The molecular formula is C10H13N3O5. The first-order valence-corrected chi connectivity index (χ1v) is 5.16. The van der Waals surface area contributed by atoms with Crippen molar-refractivity contribution in [3.63, 3.8) is 0 Å². The summed E-state index contributed by atoms with van der Waals surface area (Å²) in [6.07, 6.45) is 1.07. The van der Waals surface area contributed by atoms with Gasteiger partial charge in [0.2, 0.25) is 0 Å². The van der Waals surface area contributed by atoms with E-state index in [2.05, 4.69) is 15.2 Å². The smallest absolute Gasteiger partial charge is 0.339 e. The van der Waals surface area contributed by atoms with Gasteiger partial charge >= 0.3 is 11.9 Å². The number of hydrogen-bond acceptors (Lipinski definition) is 5. The van der Waals surface area contributed by atoms with E-state index in [-0.39, 0.29) is 24.4 Å². The molecular weight excluding hydrogens is 242 g/mol. The second kappa shape index (κ2) is 5.80. The minimum Gasteiger partial charge on any atom is -0.478 e. The van der Waals surface area contributed by atoms with Crippen LogP contribution in [0.2, 0.25) is 0 Å². The molecule has 1 heterocycles. The Morgan fingerprint density at radius 1 is 1.50 bits per heavy atom. The normalized spacial score (nSPS) is 9.89. The maximum absolute atomic E-state index is 11.7. The van der Waals surface area contributed by atoms with Crippen LogP contribution in [-0.4, -0.2) is 45.9 Å². The van der Waals surface area contributed by atoms with Crippen molar-refractivity contribution in [2.75, 3.05) is 13.2 Å². The minimum atomic E-state index is -1.26. The van der Waals surface area contributed by atoms with Gasteiger partial charge in [-0.05, 0) is 6.92 Å². The molecule has 1 aromatic rings. The largest absolute Gasteiger partial charge is 0.478 e. The summed E-state index contributed by atoms with van der Waals surface area (Å²) in [7, 11) is 1.44. The average molecular weight is 255 g/mol. The molecule has 2 N–H and O–H groups in total. The van der Waals surface area contributed by atoms with Crippen molar-refractivity contribution in [3.05, 3.63) is 17.5 Å². The molecule has 0 aliphatic heterocycles. The third-order valence-electron chi connectivity index (χ3n) is 2.08. The second-order valence-electron chi connectivity index (χ2n) is 3.32. The van der Waals surface area contributed by atoms with Crippen LogP contribution >= 0.6 is 0 Å². The third kappa shape index (κ3) is 3.06. The lowest BCUT2D eigenvalue weighted by Gasteiger charge is -2.06. The van der Waals surface area contributed by atoms with Gasteiger partial charge in [-0.25, -0.2) is 4.79 Å². The van der Waals surface area contributed by atoms with E-state index < -0.39 is 17.8 Å². The number of rotatable bonds is 5. The number of ether oxygens (including phenoxy) is 1. The number of carboxylic acid groups (broad SMARTS) is 1. The SMILES string of the molecule is CCOC(=O)CNC(=O)c1c(C(=O)O)cnn1C. The molecule has 0 fully saturated rings. The Morgan fingerprint density at radius 3 is 2.72 bits per heavy atom. The number of carbonyl (C=O) groups is 3. The summed E-state index contributed by atoms with van der Waals surface area (Å²) >= 11 is 0. The lowest BCUT2D eigenvalue weighted by molar-refractivity contribution is -0.141. The first kappa shape index (κ1) is 13.7. The summed E-state index contributed by atoms with van der Waals surface area (Å²) in [4.78, 5) is 33.6. The van der Waals surface area contributed by atoms with Crippen molar-refractivity contribution in [3.8, 4) is 0 Å². The summed E-state index contributed by atoms with van der Waals surface area (Å²) in [5.41, 5.74) is -0.342. The van der Waals surface area contributed by atoms with E-state index >= 15 is 0 Å². The zero-order chi connectivity index (χ0) is 13.7. The molecule has 98 valence electrons. The van der Waals surface area contributed by atoms with E-state index in [0.29, 0.717) is 0 Å². The summed E-state index contributed by atoms with van der Waals surface area (Å²) in [6.45, 7) is 1.53. The Hall–Kier alpha value is -2.38. The highest BCUT2D eigenvalue weighted by Crippen LogP contribution is 2.07. The van der Waals surface area contributed by atoms with Gasteiger partial charge in [0, 0.05) is 7.05 Å². The lowest BCUT2D eigenvalue weighted by Crippen LogP contribution is -2.32. The molecule has 18 heavy (non-hydrogen) atoms. The van der Waals surface area contributed by atoms with Crippen molar-refractivity contribution >= 4 is 17.8 Å². The number of carboxylic acids is 1. The molecule has 1 rings (SSSR count). The summed E-state index contributed by atoms with van der Waals surface area (Å²) in [5, 5.41) is 14.8. The van der Waals surface area contributed by atoms with E-state index in [1.54, 1.807) is 6.92 Å². The highest BCUT2D eigenvalue weighted by atomic mass is 16.5. The van der Waals surface area contributed by atoms with Gasteiger partial charge in [0.1, 0.15) is 17.8 Å². The van der Waals surface area contributed by atoms with Crippen LogP contribution in [0.1, 0.15) is 27.8 Å². The number of aromatic carboxylic acids is 1. The Labute approximate surface area is 103 Å². The van der Waals surface area contributed by atoms with Gasteiger partial charge in [0.25, 0.3) is 5.91 Å². The van der Waals surface area contributed by atoms with Crippen molar-refractivity contribution in [2.45, 2.75) is 6.92 Å². The summed E-state index contributed by atoms with van der Waals surface area (Å²) in [6, 6.07) is 0. The number of aromatic nitrogens is 2. The molecule has 1 amide bonds. The van der Waals surface area contributed by atoms with E-state index in [1.165, 1.54) is 7.05 Å². The number of aryl methyl sites for hydroxylation is 1. The van der Waals surface area contributed by atoms with Gasteiger partial charge in [-0.1, -0.05) is 0 Å². The topological polar surface area (TPSA) is 111 Å². The van der Waals surface area contributed by atoms with Crippen molar-refractivity contribution in [1.82, 2.24) is 15.1 Å². The number of esters is 1. The molecule has 0 spiro atoms. The summed E-state index contributed by atoms with van der Waals surface area (Å²) < 4.78 is 5.75. The second-order valence-corrected chi connectivity index (χ2v) is 3.32. The van der Waals surface area contributed by atoms with Crippen LogP contribution in [0, 0.1) is 0 Å². The van der Waals surface area contributed by atoms with E-state index in [9.17, 15) is 14.4 Å². The van der Waals surface area contributed by atoms with Crippen LogP contribution in [0.25, 0.3) is 0 Å². The van der Waals surface area contributed by atoms with Gasteiger partial charge in [-0.15, -0.1) is 0 Å². The van der Waals surface area contributed by atoms with Crippen molar-refractivity contribution in [2.24, 2.45) is 7.05 Å². The van der Waals surface area contributed by atoms with E-state index in [4.69, 9.17) is 5.11 Å². The fourth-order valence-corrected chi connectivity index (χ4v) is 1.31. The molecule has 1 aromatic heterocycles. The summed E-state index contributed by atoms with van der Waals surface area (Å²) in [5.74, 6) is -2.55. The highest BCUT2D eigenvalue weighted by molar-refractivity contribution is 6.04. The van der Waals surface area contributed by atoms with Gasteiger partial charge in [0.05, 0.1) is 12.8 Å². The molecule has 0 saturated heterocycles. The van der Waals surface area contributed by atoms with Crippen LogP contribution in [-0.2, 0) is 16.6 Å². The minimum absolute atomic E-state index is 0.119. The molecule has 0 saturated carbocycles. The van der Waals surface area contributed by atoms with Crippen LogP contribution < -0.4 is 5.32 Å². The Balaban J connectivity index is 2.75. The van der Waals surface area contributed by atoms with Crippen LogP contribution in [0.15, 0.2) is 6.20 Å². The quantitative estimate of drug-likeness (QED) is 0.680. The first-order chi connectivity index (χ1) is 8.47. The molecule has 0 bridgehead atoms. The van der Waals surface area contributed by atoms with Crippen molar-refractivity contribution in [1.29, 1.82) is 0 Å². The lowest BCUT2D eigenvalue weighted by atomic mass is 10.2. The number of nitrogens with one attached hydrogen (secondary N) is 1. The van der Waals surface area contributed by atoms with Crippen molar-refractivity contribution < 1.29 is 24.2 Å². The van der Waals surface area contributed by atoms with Gasteiger partial charge in [0.15, 0.2) is 0 Å². The maximum Gasteiger partial charge on any atom is 0.339 e. The fourth-order valence-electron chi connectivity index (χ4n) is 1.31. The Morgan fingerprint density at radius 2 is 2.17 bits per heavy atom. The van der Waals surface area contributed by atoms with Crippen LogP contribution in [0.5, 0.6) is 0 Å². The molecule has 0 aliphatic carbocycles. The number of hydrogen-bond donors (Lipinski definition) is 2. The predicted molar refractivity (Wildman–Crippen MR) is 59.1 cm³/mol. The van der Waals surface area contributed by atoms with E-state index in [0.717, 1.165) is 10.9 Å². The molecule has 0 aliphatic rings. The molecule has 0 radical (unpaired) electrons. The number of nitrogens with zero attached hydrogens (tertiary/aromatic N) is 2. The van der Waals surface area contributed by atoms with Gasteiger partial charge < -0.3 is 15.2 Å². The van der Waals surface area contributed by atoms with Gasteiger partial charge in [-0.3, -0.25) is 14.3 Å². The highest BCUT2D eigenvalue weighted by Gasteiger charge is 2.21. The zero-order valence-electron chi connectivity index (χ0n) is 9.97. The third-order valence-corrected chi connectivity index (χ3v) is 2.08. The molecule has 0 unspecified atom stereocenters. The molecule has 0 aromatic carbocycles. The monoisotopic (exact) mass is 255 g/mol. The zero-order valence-corrected chi connectivity index (χ0v) is 9.97. The molecule has 8 nitrogen and oxygen atoms in total. The molecule has 8 heteroatoms. The Bertz CT molecular complexity index is 480. The Kier molecular flexibility index (Phi) is 4.41. The first-order valence-electron chi connectivity index (χ1n) is 5.16. The number of amides is 1. The average Bonchev–Trinajstić information content (AvgIpc) is 2.68. The van der Waals surface area contributed by atoms with E-state index in [1.807, 2.05) is 0 Å². The van der Waals surface area contributed by atoms with Crippen LogP contribution in [0.3, 0.4) is 0 Å². The fraction of sp³-hybridized carbons (Fsp3) is 0.400. The van der Waals surface area contributed by atoms with Gasteiger partial charge in [-0.2, -0.15) is 5.10 Å².